The van der Waals surface area contributed by atoms with Gasteiger partial charge in [-0.2, -0.15) is 0 Å². The molecule has 4 heteroatoms. The molecule has 2 aliphatic heterocycles. The van der Waals surface area contributed by atoms with Gasteiger partial charge in [0.2, 0.25) is 0 Å². The molecule has 0 radical (unpaired) electrons. The normalized spacial score (nSPS) is 15.9. The highest BCUT2D eigenvalue weighted by Gasteiger charge is 2.49. The summed E-state index contributed by atoms with van der Waals surface area (Å²) in [6.45, 7) is 23.5. The van der Waals surface area contributed by atoms with E-state index in [4.69, 9.17) is 4.42 Å². The molecule has 3 nitrogen and oxygen atoms in total. The Hall–Kier alpha value is -6.78. The molecule has 0 spiro atoms. The number of aromatic nitrogens is 1. The molecule has 4 aliphatic rings. The molecule has 2 aromatic heterocycles. The van der Waals surface area contributed by atoms with Crippen molar-refractivity contribution in [2.24, 2.45) is 0 Å². The first-order chi connectivity index (χ1) is 31.5. The number of rotatable bonds is 1. The summed E-state index contributed by atoms with van der Waals surface area (Å²) in [5.41, 5.74) is 26.5. The summed E-state index contributed by atoms with van der Waals surface area (Å²) in [5, 5.41) is 4.83. The Bertz CT molecular complexity index is 3840. The van der Waals surface area contributed by atoms with Gasteiger partial charge in [0.15, 0.2) is 0 Å². The molecular formula is C62H53BN2O. The van der Waals surface area contributed by atoms with Crippen LogP contribution in [-0.4, -0.2) is 11.4 Å². The van der Waals surface area contributed by atoms with Crippen LogP contribution in [0, 0.1) is 0 Å². The number of nitrogens with zero attached hydrogens (tertiary/aromatic N) is 2. The maximum Gasteiger partial charge on any atom is 0.333 e. The Morgan fingerprint density at radius 2 is 1.09 bits per heavy atom. The van der Waals surface area contributed by atoms with Crippen molar-refractivity contribution in [3.63, 3.8) is 0 Å². The van der Waals surface area contributed by atoms with Gasteiger partial charge < -0.3 is 13.8 Å². The zero-order valence-corrected chi connectivity index (χ0v) is 39.7. The SMILES string of the molecule is CC(C)(C)c1ccc(N2B3c4cc5c(cc4-n4c6ccc(C(C)(C)C)cc6c6c7oc8ccccc8c7c(c3c64)-c3cc4c(cc32)-c2ccccc2C4(C)C)-c2ccccc2C5(C)C)cc1. The van der Waals surface area contributed by atoms with E-state index >= 15 is 0 Å². The fourth-order valence-electron chi connectivity index (χ4n) is 13.0. The summed E-state index contributed by atoms with van der Waals surface area (Å²) in [7, 11) is 0. The van der Waals surface area contributed by atoms with Crippen molar-refractivity contribution in [1.82, 2.24) is 4.57 Å². The monoisotopic (exact) mass is 852 g/mol. The third-order valence-corrected chi connectivity index (χ3v) is 16.5. The second kappa shape index (κ2) is 12.2. The number of hydrogen-bond acceptors (Lipinski definition) is 2. The lowest BCUT2D eigenvalue weighted by Gasteiger charge is -2.43. The largest absolute Gasteiger partial charge is 0.455 e. The third kappa shape index (κ3) is 4.65. The first-order valence-electron chi connectivity index (χ1n) is 24.0. The fourth-order valence-corrected chi connectivity index (χ4v) is 13.0. The molecular weight excluding hydrogens is 800 g/mol. The van der Waals surface area contributed by atoms with E-state index in [2.05, 4.69) is 218 Å². The maximum atomic E-state index is 7.30. The molecule has 0 bridgehead atoms. The minimum Gasteiger partial charge on any atom is -0.455 e. The van der Waals surface area contributed by atoms with Crippen LogP contribution >= 0.6 is 0 Å². The number of anilines is 2. The van der Waals surface area contributed by atoms with Gasteiger partial charge in [0.05, 0.1) is 16.4 Å². The van der Waals surface area contributed by atoms with Gasteiger partial charge in [-0.25, -0.2) is 0 Å². The van der Waals surface area contributed by atoms with E-state index in [-0.39, 0.29) is 28.5 Å². The summed E-state index contributed by atoms with van der Waals surface area (Å²) in [5.74, 6) is 0. The molecule has 0 N–H and O–H groups in total. The molecule has 320 valence electrons. The lowest BCUT2D eigenvalue weighted by atomic mass is 9.43. The molecule has 0 amide bonds. The highest BCUT2D eigenvalue weighted by molar-refractivity contribution is 6.94. The second-order valence-electron chi connectivity index (χ2n) is 22.9. The first-order valence-corrected chi connectivity index (χ1v) is 24.0. The summed E-state index contributed by atoms with van der Waals surface area (Å²) < 4.78 is 9.94. The predicted octanol–water partition coefficient (Wildman–Crippen LogP) is 15.1. The highest BCUT2D eigenvalue weighted by Crippen LogP contribution is 2.57. The highest BCUT2D eigenvalue weighted by atomic mass is 16.3. The average molecular weight is 853 g/mol. The van der Waals surface area contributed by atoms with Crippen molar-refractivity contribution < 1.29 is 4.42 Å². The standard InChI is InChI=1S/C62H53BN2O/c1-59(2,3)34-23-26-36(27-24-34)65-50-31-40-37-17-11-14-20-44(37)61(7,8)46(40)30-43(50)53-54-39-19-13-16-22-52(39)66-58(54)55-42-29-35(60(4,5)6)25-28-49(42)64-51-32-41-38-18-12-15-21-45(38)62(9,10)47(41)33-48(51)63(65)56(53)57(55)64/h11-33H,1-10H3. The van der Waals surface area contributed by atoms with E-state index in [0.29, 0.717) is 0 Å². The number of benzene rings is 8. The Balaban J connectivity index is 1.23. The van der Waals surface area contributed by atoms with Gasteiger partial charge in [-0.1, -0.05) is 160 Å². The van der Waals surface area contributed by atoms with Gasteiger partial charge in [0.25, 0.3) is 0 Å². The molecule has 14 rings (SSSR count). The van der Waals surface area contributed by atoms with Gasteiger partial charge in [-0.05, 0) is 131 Å². The van der Waals surface area contributed by atoms with E-state index in [0.717, 1.165) is 11.2 Å². The maximum absolute atomic E-state index is 7.30. The molecule has 0 atom stereocenters. The zero-order chi connectivity index (χ0) is 45.1. The van der Waals surface area contributed by atoms with Crippen molar-refractivity contribution >= 4 is 72.9 Å². The van der Waals surface area contributed by atoms with Gasteiger partial charge in [-0.3, -0.25) is 0 Å². The van der Waals surface area contributed by atoms with Crippen LogP contribution in [0.2, 0.25) is 0 Å². The molecule has 0 fully saturated rings. The summed E-state index contributed by atoms with van der Waals surface area (Å²) >= 11 is 0. The second-order valence-corrected chi connectivity index (χ2v) is 22.9. The quantitative estimate of drug-likeness (QED) is 0.153. The Morgan fingerprint density at radius 1 is 0.500 bits per heavy atom. The van der Waals surface area contributed by atoms with Crippen molar-refractivity contribution in [2.75, 3.05) is 4.81 Å². The molecule has 10 aromatic rings. The van der Waals surface area contributed by atoms with E-state index < -0.39 is 0 Å². The van der Waals surface area contributed by atoms with Crippen LogP contribution in [0.4, 0.5) is 11.4 Å². The predicted molar refractivity (Wildman–Crippen MR) is 280 cm³/mol. The smallest absolute Gasteiger partial charge is 0.333 e. The van der Waals surface area contributed by atoms with Crippen molar-refractivity contribution in [1.29, 1.82) is 0 Å². The molecule has 4 heterocycles. The summed E-state index contributed by atoms with van der Waals surface area (Å²) in [4.78, 5) is 2.73. The number of hydrogen-bond donors (Lipinski definition) is 0. The van der Waals surface area contributed by atoms with Crippen molar-refractivity contribution in [3.05, 3.63) is 173 Å². The lowest BCUT2D eigenvalue weighted by molar-refractivity contribution is 0.590. The van der Waals surface area contributed by atoms with E-state index in [1.54, 1.807) is 0 Å². The van der Waals surface area contributed by atoms with Gasteiger partial charge in [0.1, 0.15) is 11.2 Å². The van der Waals surface area contributed by atoms with Crippen LogP contribution in [-0.2, 0) is 21.7 Å². The molecule has 0 saturated heterocycles. The van der Waals surface area contributed by atoms with Crippen molar-refractivity contribution in [3.8, 4) is 39.1 Å². The van der Waals surface area contributed by atoms with Gasteiger partial charge in [0, 0.05) is 49.6 Å². The number of para-hydroxylation sites is 1. The van der Waals surface area contributed by atoms with Crippen LogP contribution < -0.4 is 15.7 Å². The zero-order valence-electron chi connectivity index (χ0n) is 39.7. The van der Waals surface area contributed by atoms with E-state index in [9.17, 15) is 0 Å². The van der Waals surface area contributed by atoms with Crippen LogP contribution in [0.3, 0.4) is 0 Å². The molecule has 0 saturated carbocycles. The minimum atomic E-state index is -0.179. The van der Waals surface area contributed by atoms with Gasteiger partial charge in [-0.15, -0.1) is 0 Å². The molecule has 66 heavy (non-hydrogen) atoms. The van der Waals surface area contributed by atoms with Crippen LogP contribution in [0.15, 0.2) is 144 Å². The van der Waals surface area contributed by atoms with Crippen LogP contribution in [0.5, 0.6) is 0 Å². The third-order valence-electron chi connectivity index (χ3n) is 16.5. The van der Waals surface area contributed by atoms with Crippen LogP contribution in [0.25, 0.3) is 82.8 Å². The minimum absolute atomic E-state index is 0.0204. The van der Waals surface area contributed by atoms with E-state index in [1.807, 2.05) is 0 Å². The lowest BCUT2D eigenvalue weighted by Crippen LogP contribution is -2.60. The number of fused-ring (bicyclic) bond motifs is 19. The Kier molecular flexibility index (Phi) is 7.09. The van der Waals surface area contributed by atoms with E-state index in [1.165, 1.54) is 127 Å². The summed E-state index contributed by atoms with van der Waals surface area (Å²) in [6.07, 6.45) is 0. The summed E-state index contributed by atoms with van der Waals surface area (Å²) in [6, 6.07) is 54.1. The molecule has 0 unspecified atom stereocenters. The number of furan rings is 1. The van der Waals surface area contributed by atoms with Crippen LogP contribution in [0.1, 0.15) is 103 Å². The van der Waals surface area contributed by atoms with Gasteiger partial charge >= 0.3 is 6.85 Å². The van der Waals surface area contributed by atoms with Crippen molar-refractivity contribution in [2.45, 2.75) is 90.9 Å². The average Bonchev–Trinajstić information content (AvgIpc) is 3.98. The Morgan fingerprint density at radius 3 is 1.76 bits per heavy atom. The fraction of sp³-hybridized carbons (Fsp3) is 0.226. The first kappa shape index (κ1) is 38.5. The topological polar surface area (TPSA) is 21.3 Å². The molecule has 8 aromatic carbocycles. The Labute approximate surface area is 387 Å². The molecule has 2 aliphatic carbocycles.